The highest BCUT2D eigenvalue weighted by atomic mass is 35.5. The zero-order valence-electron chi connectivity index (χ0n) is 16.2. The first-order chi connectivity index (χ1) is 13.2. The van der Waals surface area contributed by atoms with Crippen LogP contribution in [0.3, 0.4) is 0 Å². The molecule has 1 N–H and O–H groups in total. The van der Waals surface area contributed by atoms with Crippen LogP contribution in [-0.2, 0) is 4.79 Å². The molecule has 148 valence electrons. The molecule has 1 aliphatic rings. The summed E-state index contributed by atoms with van der Waals surface area (Å²) in [4.78, 5) is 34.4. The number of carbonyl (C=O) groups is 2. The van der Waals surface area contributed by atoms with Gasteiger partial charge < -0.3 is 14.9 Å². The fraction of sp³-hybridized carbons (Fsp3) is 0.350. The highest BCUT2D eigenvalue weighted by molar-refractivity contribution is 7.14. The molecule has 1 atom stereocenters. The van der Waals surface area contributed by atoms with Gasteiger partial charge in [-0.25, -0.2) is 4.98 Å². The van der Waals surface area contributed by atoms with Crippen molar-refractivity contribution in [3.63, 3.8) is 0 Å². The molecule has 6 nitrogen and oxygen atoms in total. The number of rotatable bonds is 6. The Hall–Kier alpha value is -2.22. The predicted octanol–water partition coefficient (Wildman–Crippen LogP) is 3.55. The van der Waals surface area contributed by atoms with E-state index in [4.69, 9.17) is 11.6 Å². The number of aliphatic hydroxyl groups is 1. The third-order valence-corrected chi connectivity index (χ3v) is 5.92. The topological polar surface area (TPSA) is 73.7 Å². The lowest BCUT2D eigenvalue weighted by Crippen LogP contribution is -2.36. The number of amides is 1. The van der Waals surface area contributed by atoms with Gasteiger partial charge in [0.2, 0.25) is 5.78 Å². The first kappa shape index (κ1) is 20.5. The van der Waals surface area contributed by atoms with Crippen LogP contribution in [-0.4, -0.2) is 58.8 Å². The van der Waals surface area contributed by atoms with E-state index < -0.39 is 17.7 Å². The van der Waals surface area contributed by atoms with Gasteiger partial charge in [0.15, 0.2) is 5.76 Å². The van der Waals surface area contributed by atoms with Gasteiger partial charge in [0.25, 0.3) is 5.91 Å². The minimum absolute atomic E-state index is 0.0813. The van der Waals surface area contributed by atoms with E-state index in [9.17, 15) is 14.7 Å². The van der Waals surface area contributed by atoms with Crippen LogP contribution < -0.4 is 0 Å². The summed E-state index contributed by atoms with van der Waals surface area (Å²) in [6, 6.07) is 6.34. The Morgan fingerprint density at radius 1 is 1.36 bits per heavy atom. The second kappa shape index (κ2) is 8.03. The van der Waals surface area contributed by atoms with E-state index in [1.807, 2.05) is 32.0 Å². The Balaban J connectivity index is 2.10. The van der Waals surface area contributed by atoms with Crippen LogP contribution in [0.2, 0.25) is 5.02 Å². The molecule has 2 aromatic rings. The first-order valence-electron chi connectivity index (χ1n) is 8.83. The van der Waals surface area contributed by atoms with E-state index in [-0.39, 0.29) is 11.4 Å². The maximum Gasteiger partial charge on any atom is 0.290 e. The number of ketones is 1. The molecule has 0 saturated heterocycles. The second-order valence-corrected chi connectivity index (χ2v) is 8.64. The van der Waals surface area contributed by atoms with Crippen LogP contribution >= 0.6 is 22.9 Å². The molecule has 0 unspecified atom stereocenters. The lowest BCUT2D eigenvalue weighted by molar-refractivity contribution is -0.129. The number of hydrogen-bond donors (Lipinski definition) is 1. The number of aliphatic hydroxyl groups excluding tert-OH is 1. The monoisotopic (exact) mass is 419 g/mol. The number of hydrogen-bond acceptors (Lipinski definition) is 6. The molecule has 28 heavy (non-hydrogen) atoms. The van der Waals surface area contributed by atoms with Gasteiger partial charge in [-0.1, -0.05) is 23.7 Å². The van der Waals surface area contributed by atoms with E-state index in [0.29, 0.717) is 34.2 Å². The number of Topliss-reactive ketones (excluding diaryl/α,β-unsaturated/α-hetero) is 1. The van der Waals surface area contributed by atoms with Gasteiger partial charge in [-0.2, -0.15) is 0 Å². The van der Waals surface area contributed by atoms with Crippen molar-refractivity contribution >= 4 is 34.6 Å². The third-order valence-electron chi connectivity index (χ3n) is 4.61. The molecule has 0 spiro atoms. The highest BCUT2D eigenvalue weighted by Gasteiger charge is 2.44. The average Bonchev–Trinajstić information content (AvgIpc) is 3.09. The molecule has 1 aromatic carbocycles. The number of aryl methyl sites for hydroxylation is 2. The van der Waals surface area contributed by atoms with Crippen LogP contribution in [0.25, 0.3) is 0 Å². The Morgan fingerprint density at radius 2 is 2.07 bits per heavy atom. The first-order valence-corrected chi connectivity index (χ1v) is 10.0. The van der Waals surface area contributed by atoms with Gasteiger partial charge in [-0.15, -0.1) is 11.3 Å². The smallest absolute Gasteiger partial charge is 0.290 e. The van der Waals surface area contributed by atoms with Gasteiger partial charge in [0.1, 0.15) is 0 Å². The summed E-state index contributed by atoms with van der Waals surface area (Å²) in [5.41, 5.74) is 1.36. The predicted molar refractivity (Wildman–Crippen MR) is 110 cm³/mol. The molecule has 3 rings (SSSR count). The molecule has 0 saturated carbocycles. The van der Waals surface area contributed by atoms with E-state index in [0.717, 1.165) is 5.01 Å². The van der Waals surface area contributed by atoms with Crippen molar-refractivity contribution in [1.29, 1.82) is 0 Å². The fourth-order valence-electron chi connectivity index (χ4n) is 3.31. The van der Waals surface area contributed by atoms with Crippen LogP contribution in [0.1, 0.15) is 32.0 Å². The van der Waals surface area contributed by atoms with E-state index >= 15 is 0 Å². The average molecular weight is 420 g/mol. The van der Waals surface area contributed by atoms with Crippen molar-refractivity contribution in [3.05, 3.63) is 61.8 Å². The molecular weight excluding hydrogens is 398 g/mol. The van der Waals surface area contributed by atoms with E-state index in [1.54, 1.807) is 25.1 Å². The zero-order valence-corrected chi connectivity index (χ0v) is 17.8. The van der Waals surface area contributed by atoms with Crippen molar-refractivity contribution < 1.29 is 14.7 Å². The normalized spacial score (nSPS) is 17.1. The van der Waals surface area contributed by atoms with Crippen LogP contribution in [0.15, 0.2) is 35.6 Å². The summed E-state index contributed by atoms with van der Waals surface area (Å²) in [6.07, 6.45) is 0. The molecule has 2 heterocycles. The van der Waals surface area contributed by atoms with Crippen molar-refractivity contribution in [3.8, 4) is 0 Å². The van der Waals surface area contributed by atoms with E-state index in [1.165, 1.54) is 16.2 Å². The minimum atomic E-state index is -0.694. The van der Waals surface area contributed by atoms with Crippen molar-refractivity contribution in [2.75, 3.05) is 27.2 Å². The second-order valence-electron chi connectivity index (χ2n) is 7.00. The summed E-state index contributed by atoms with van der Waals surface area (Å²) >= 11 is 7.42. The Kier molecular flexibility index (Phi) is 5.88. The van der Waals surface area contributed by atoms with Crippen molar-refractivity contribution in [2.24, 2.45) is 0 Å². The third kappa shape index (κ3) is 3.83. The van der Waals surface area contributed by atoms with Crippen LogP contribution in [0.5, 0.6) is 0 Å². The van der Waals surface area contributed by atoms with Gasteiger partial charge in [0.05, 0.1) is 27.2 Å². The van der Waals surface area contributed by atoms with Crippen molar-refractivity contribution in [1.82, 2.24) is 14.8 Å². The van der Waals surface area contributed by atoms with Crippen molar-refractivity contribution in [2.45, 2.75) is 19.9 Å². The van der Waals surface area contributed by atoms with E-state index in [2.05, 4.69) is 4.98 Å². The number of nitrogens with zero attached hydrogens (tertiary/aromatic N) is 3. The van der Waals surface area contributed by atoms with Gasteiger partial charge >= 0.3 is 0 Å². The van der Waals surface area contributed by atoms with Gasteiger partial charge in [0, 0.05) is 18.1 Å². The number of likely N-dealkylation sites (N-methyl/N-ethyl adjacent to an activating group) is 1. The number of carbonyl (C=O) groups excluding carboxylic acids is 2. The summed E-state index contributed by atoms with van der Waals surface area (Å²) < 4.78 is 0. The number of thiazole rings is 1. The molecule has 8 heteroatoms. The van der Waals surface area contributed by atoms with Crippen LogP contribution in [0, 0.1) is 13.8 Å². The SMILES string of the molecule is Cc1nc(C)c(C(=O)C2=C(O)C(=O)N(CCN(C)C)[C@H]2c2cccc(Cl)c2)s1. The summed E-state index contributed by atoms with van der Waals surface area (Å²) in [5.74, 6) is -1.42. The number of aromatic nitrogens is 1. The largest absolute Gasteiger partial charge is 0.503 e. The molecule has 0 fully saturated rings. The van der Waals surface area contributed by atoms with Gasteiger partial charge in [-0.05, 0) is 45.6 Å². The number of halogens is 1. The molecule has 1 amide bonds. The van der Waals surface area contributed by atoms with Gasteiger partial charge in [-0.3, -0.25) is 9.59 Å². The molecule has 0 aliphatic carbocycles. The highest BCUT2D eigenvalue weighted by Crippen LogP contribution is 2.40. The summed E-state index contributed by atoms with van der Waals surface area (Å²) in [6.45, 7) is 4.53. The standard InChI is InChI=1S/C20H22ClN3O3S/c1-11-19(28-12(2)22-11)17(25)15-16(13-6-5-7-14(21)10-13)24(9-8-23(3)4)20(27)18(15)26/h5-7,10,16,26H,8-9H2,1-4H3/t16-/m0/s1. The lowest BCUT2D eigenvalue weighted by Gasteiger charge is -2.28. The molecule has 0 radical (unpaired) electrons. The molecule has 0 bridgehead atoms. The Bertz CT molecular complexity index is 967. The number of benzene rings is 1. The molecule has 1 aliphatic heterocycles. The maximum absolute atomic E-state index is 13.3. The minimum Gasteiger partial charge on any atom is -0.503 e. The fourth-order valence-corrected chi connectivity index (χ4v) is 4.38. The Labute approximate surface area is 173 Å². The Morgan fingerprint density at radius 3 is 2.64 bits per heavy atom. The maximum atomic E-state index is 13.3. The zero-order chi connectivity index (χ0) is 20.6. The molecule has 1 aromatic heterocycles. The lowest BCUT2D eigenvalue weighted by atomic mass is 9.95. The van der Waals surface area contributed by atoms with Crippen LogP contribution in [0.4, 0.5) is 0 Å². The summed E-state index contributed by atoms with van der Waals surface area (Å²) in [5, 5.41) is 11.9. The quantitative estimate of drug-likeness (QED) is 0.725. The molecular formula is C20H22ClN3O3S. The summed E-state index contributed by atoms with van der Waals surface area (Å²) in [7, 11) is 3.80.